The fourth-order valence-electron chi connectivity index (χ4n) is 3.18. The van der Waals surface area contributed by atoms with Crippen LogP contribution in [-0.4, -0.2) is 34.0 Å². The number of aromatic nitrogens is 2. The molecule has 3 rings (SSSR count). The van der Waals surface area contributed by atoms with E-state index in [9.17, 15) is 4.79 Å². The summed E-state index contributed by atoms with van der Waals surface area (Å²) in [5.74, 6) is 1.55. The molecule has 2 aromatic rings. The number of hydrogen-bond acceptors (Lipinski definition) is 4. The van der Waals surface area contributed by atoms with E-state index >= 15 is 0 Å². The highest BCUT2D eigenvalue weighted by molar-refractivity contribution is 5.77. The summed E-state index contributed by atoms with van der Waals surface area (Å²) in [6, 6.07) is 10.5. The first kappa shape index (κ1) is 15.7. The highest BCUT2D eigenvalue weighted by Crippen LogP contribution is 2.34. The largest absolute Gasteiger partial charge is 0.341 e. The normalized spacial score (nSPS) is 21.7. The first-order valence-electron chi connectivity index (χ1n) is 8.25. The Balaban J connectivity index is 1.67. The summed E-state index contributed by atoms with van der Waals surface area (Å²) < 4.78 is 5.22. The molecule has 0 saturated carbocycles. The van der Waals surface area contributed by atoms with Crippen LogP contribution in [0.5, 0.6) is 0 Å². The van der Waals surface area contributed by atoms with Gasteiger partial charge >= 0.3 is 0 Å². The van der Waals surface area contributed by atoms with Gasteiger partial charge in [-0.25, -0.2) is 0 Å². The van der Waals surface area contributed by atoms with Crippen LogP contribution < -0.4 is 0 Å². The van der Waals surface area contributed by atoms with Crippen molar-refractivity contribution >= 4 is 5.91 Å². The van der Waals surface area contributed by atoms with Crippen molar-refractivity contribution in [1.82, 2.24) is 15.0 Å². The number of likely N-dealkylation sites (tertiary alicyclic amines) is 1. The Labute approximate surface area is 136 Å². The van der Waals surface area contributed by atoms with Crippen LogP contribution in [0.3, 0.4) is 0 Å². The summed E-state index contributed by atoms with van der Waals surface area (Å²) in [6.45, 7) is 5.61. The van der Waals surface area contributed by atoms with Crippen LogP contribution in [0.15, 0.2) is 34.9 Å². The van der Waals surface area contributed by atoms with E-state index in [4.69, 9.17) is 4.52 Å². The monoisotopic (exact) mass is 313 g/mol. The Morgan fingerprint density at radius 2 is 2.09 bits per heavy atom. The molecule has 1 aliphatic heterocycles. The molecule has 1 fully saturated rings. The van der Waals surface area contributed by atoms with Gasteiger partial charge in [-0.05, 0) is 12.0 Å². The zero-order chi connectivity index (χ0) is 16.3. The van der Waals surface area contributed by atoms with Crippen LogP contribution in [0.2, 0.25) is 0 Å². The topological polar surface area (TPSA) is 59.2 Å². The third kappa shape index (κ3) is 3.44. The lowest BCUT2D eigenvalue weighted by Gasteiger charge is -2.40. The standard InChI is InChI=1S/C18H23N3O2/c1-3-15-19-16(23-20-15)10-12-21-13-18(2,11-9-17(21)22)14-7-5-4-6-8-14/h4-8H,3,9-13H2,1-2H3/t18-/m1/s1. The number of aryl methyl sites for hydroxylation is 1. The number of rotatable bonds is 5. The van der Waals surface area contributed by atoms with Crippen molar-refractivity contribution in [3.8, 4) is 0 Å². The molecule has 1 aromatic carbocycles. The van der Waals surface area contributed by atoms with Gasteiger partial charge in [-0.2, -0.15) is 4.98 Å². The maximum atomic E-state index is 12.3. The van der Waals surface area contributed by atoms with Gasteiger partial charge in [0.1, 0.15) is 0 Å². The highest BCUT2D eigenvalue weighted by atomic mass is 16.5. The number of benzene rings is 1. The van der Waals surface area contributed by atoms with Crippen molar-refractivity contribution in [3.05, 3.63) is 47.6 Å². The third-order valence-corrected chi connectivity index (χ3v) is 4.68. The van der Waals surface area contributed by atoms with Gasteiger partial charge < -0.3 is 9.42 Å². The molecule has 0 radical (unpaired) electrons. The SMILES string of the molecule is CCc1noc(CCN2C[C@](C)(c3ccccc3)CCC2=O)n1. The summed E-state index contributed by atoms with van der Waals surface area (Å²) in [4.78, 5) is 18.5. The van der Waals surface area contributed by atoms with Gasteiger partial charge in [0.05, 0.1) is 0 Å². The van der Waals surface area contributed by atoms with Crippen LogP contribution in [0.4, 0.5) is 0 Å². The van der Waals surface area contributed by atoms with E-state index in [2.05, 4.69) is 41.3 Å². The molecule has 0 unspecified atom stereocenters. The van der Waals surface area contributed by atoms with E-state index in [1.807, 2.05) is 17.9 Å². The minimum absolute atomic E-state index is 0.0125. The minimum Gasteiger partial charge on any atom is -0.341 e. The first-order valence-corrected chi connectivity index (χ1v) is 8.25. The second-order valence-corrected chi connectivity index (χ2v) is 6.45. The molecular weight excluding hydrogens is 290 g/mol. The first-order chi connectivity index (χ1) is 11.1. The minimum atomic E-state index is 0.0125. The summed E-state index contributed by atoms with van der Waals surface area (Å²) in [7, 11) is 0. The number of amides is 1. The van der Waals surface area contributed by atoms with Crippen molar-refractivity contribution in [3.63, 3.8) is 0 Å². The van der Waals surface area contributed by atoms with Gasteiger partial charge in [0.15, 0.2) is 5.82 Å². The van der Waals surface area contributed by atoms with E-state index in [1.54, 1.807) is 0 Å². The number of carbonyl (C=O) groups excluding carboxylic acids is 1. The molecule has 5 nitrogen and oxygen atoms in total. The smallest absolute Gasteiger partial charge is 0.228 e. The molecule has 0 N–H and O–H groups in total. The number of hydrogen-bond donors (Lipinski definition) is 0. The predicted octanol–water partition coefficient (Wildman–Crippen LogP) is 2.75. The summed E-state index contributed by atoms with van der Waals surface area (Å²) in [5, 5.41) is 3.90. The second-order valence-electron chi connectivity index (χ2n) is 6.45. The summed E-state index contributed by atoms with van der Waals surface area (Å²) in [6.07, 6.45) is 2.87. The maximum absolute atomic E-state index is 12.3. The Kier molecular flexibility index (Phi) is 4.46. The Bertz CT molecular complexity index is 668. The van der Waals surface area contributed by atoms with Gasteiger partial charge in [-0.15, -0.1) is 0 Å². The van der Waals surface area contributed by atoms with Crippen LogP contribution in [0, 0.1) is 0 Å². The van der Waals surface area contributed by atoms with Gasteiger partial charge in [-0.3, -0.25) is 4.79 Å². The summed E-state index contributed by atoms with van der Waals surface area (Å²) >= 11 is 0. The van der Waals surface area contributed by atoms with Gasteiger partial charge in [0, 0.05) is 37.8 Å². The van der Waals surface area contributed by atoms with Crippen LogP contribution in [0.1, 0.15) is 44.0 Å². The molecule has 1 aliphatic rings. The molecule has 5 heteroatoms. The maximum Gasteiger partial charge on any atom is 0.228 e. The zero-order valence-corrected chi connectivity index (χ0v) is 13.8. The molecular formula is C18H23N3O2. The van der Waals surface area contributed by atoms with E-state index < -0.39 is 0 Å². The van der Waals surface area contributed by atoms with Crippen LogP contribution in [0.25, 0.3) is 0 Å². The second kappa shape index (κ2) is 6.52. The Hall–Kier alpha value is -2.17. The third-order valence-electron chi connectivity index (χ3n) is 4.68. The Morgan fingerprint density at radius 3 is 2.78 bits per heavy atom. The molecule has 1 atom stereocenters. The highest BCUT2D eigenvalue weighted by Gasteiger charge is 2.36. The molecule has 2 heterocycles. The van der Waals surface area contributed by atoms with Crippen molar-refractivity contribution in [1.29, 1.82) is 0 Å². The summed E-state index contributed by atoms with van der Waals surface area (Å²) in [5.41, 5.74) is 1.31. The molecule has 122 valence electrons. The fraction of sp³-hybridized carbons (Fsp3) is 0.500. The van der Waals surface area contributed by atoms with Gasteiger partial charge in [0.25, 0.3) is 0 Å². The van der Waals surface area contributed by atoms with E-state index in [-0.39, 0.29) is 11.3 Å². The molecule has 23 heavy (non-hydrogen) atoms. The average molecular weight is 313 g/mol. The molecule has 1 saturated heterocycles. The Morgan fingerprint density at radius 1 is 1.30 bits per heavy atom. The molecule has 0 spiro atoms. The molecule has 0 bridgehead atoms. The van der Waals surface area contributed by atoms with Crippen molar-refractivity contribution in [2.24, 2.45) is 0 Å². The van der Waals surface area contributed by atoms with Crippen molar-refractivity contribution in [2.75, 3.05) is 13.1 Å². The number of piperidine rings is 1. The number of nitrogens with zero attached hydrogens (tertiary/aromatic N) is 3. The zero-order valence-electron chi connectivity index (χ0n) is 13.8. The fourth-order valence-corrected chi connectivity index (χ4v) is 3.18. The van der Waals surface area contributed by atoms with Crippen molar-refractivity contribution in [2.45, 2.75) is 44.9 Å². The molecule has 1 amide bonds. The molecule has 1 aromatic heterocycles. The quantitative estimate of drug-likeness (QED) is 0.851. The molecule has 0 aliphatic carbocycles. The predicted molar refractivity (Wildman–Crippen MR) is 87.0 cm³/mol. The van der Waals surface area contributed by atoms with Gasteiger partial charge in [0.2, 0.25) is 11.8 Å². The van der Waals surface area contributed by atoms with E-state index in [0.717, 1.165) is 25.2 Å². The average Bonchev–Trinajstić information content (AvgIpc) is 3.05. The van der Waals surface area contributed by atoms with Crippen LogP contribution in [-0.2, 0) is 23.1 Å². The lowest BCUT2D eigenvalue weighted by atomic mass is 9.75. The lowest BCUT2D eigenvalue weighted by molar-refractivity contribution is -0.135. The number of carbonyl (C=O) groups is 1. The van der Waals surface area contributed by atoms with E-state index in [1.165, 1.54) is 5.56 Å². The lowest BCUT2D eigenvalue weighted by Crippen LogP contribution is -2.48. The van der Waals surface area contributed by atoms with E-state index in [0.29, 0.717) is 25.3 Å². The van der Waals surface area contributed by atoms with Crippen molar-refractivity contribution < 1.29 is 9.32 Å². The van der Waals surface area contributed by atoms with Gasteiger partial charge in [-0.1, -0.05) is 49.3 Å². The van der Waals surface area contributed by atoms with Crippen LogP contribution >= 0.6 is 0 Å².